The molecule has 0 unspecified atom stereocenters. The van der Waals surface area contributed by atoms with Gasteiger partial charge in [0, 0.05) is 17.0 Å². The van der Waals surface area contributed by atoms with Crippen molar-refractivity contribution in [2.24, 2.45) is 0 Å². The highest BCUT2D eigenvalue weighted by atomic mass is 16.5. The van der Waals surface area contributed by atoms with Gasteiger partial charge in [0.25, 0.3) is 5.56 Å². The Hall–Kier alpha value is -4.47. The Labute approximate surface area is 206 Å². The van der Waals surface area contributed by atoms with Crippen LogP contribution in [0.2, 0.25) is 0 Å². The number of hydrogen-bond donors (Lipinski definition) is 1. The maximum absolute atomic E-state index is 13.6. The fourth-order valence-corrected chi connectivity index (χ4v) is 4.08. The summed E-state index contributed by atoms with van der Waals surface area (Å²) < 4.78 is 13.9. The van der Waals surface area contributed by atoms with Gasteiger partial charge in [-0.05, 0) is 37.3 Å². The minimum atomic E-state index is -0.297. The molecular weight excluding hydrogens is 460 g/mol. The van der Waals surface area contributed by atoms with Crippen molar-refractivity contribution in [3.05, 3.63) is 76.9 Å². The summed E-state index contributed by atoms with van der Waals surface area (Å²) >= 11 is 0. The topological polar surface area (TPSA) is 117 Å². The van der Waals surface area contributed by atoms with Gasteiger partial charge in [-0.1, -0.05) is 37.2 Å². The van der Waals surface area contributed by atoms with Crippen LogP contribution < -0.4 is 15.6 Å². The number of nitrogens with one attached hydrogen (secondary N) is 1. The zero-order valence-electron chi connectivity index (χ0n) is 20.3. The molecule has 0 fully saturated rings. The van der Waals surface area contributed by atoms with Gasteiger partial charge in [-0.25, -0.2) is 4.98 Å². The van der Waals surface area contributed by atoms with Crippen molar-refractivity contribution >= 4 is 33.5 Å². The monoisotopic (exact) mass is 486 g/mol. The van der Waals surface area contributed by atoms with Crippen LogP contribution in [0, 0.1) is 0 Å². The summed E-state index contributed by atoms with van der Waals surface area (Å²) in [7, 11) is 0. The van der Waals surface area contributed by atoms with Gasteiger partial charge >= 0.3 is 0 Å². The zero-order valence-corrected chi connectivity index (χ0v) is 20.3. The van der Waals surface area contributed by atoms with Crippen LogP contribution in [0.5, 0.6) is 5.75 Å². The average molecular weight is 487 g/mol. The van der Waals surface area contributed by atoms with Crippen molar-refractivity contribution in [1.82, 2.24) is 24.3 Å². The zero-order chi connectivity index (χ0) is 25.2. The van der Waals surface area contributed by atoms with E-state index in [1.807, 2.05) is 45.0 Å². The molecule has 3 heterocycles. The number of fused-ring (bicyclic) bond motifs is 3. The van der Waals surface area contributed by atoms with Crippen LogP contribution in [0.15, 0.2) is 64.2 Å². The number of carbonyl (C=O) groups is 1. The number of benzene rings is 2. The van der Waals surface area contributed by atoms with Gasteiger partial charge in [-0.3, -0.25) is 14.2 Å². The fourth-order valence-electron chi connectivity index (χ4n) is 4.08. The lowest BCUT2D eigenvalue weighted by atomic mass is 10.2. The molecule has 5 aromatic rings. The summed E-state index contributed by atoms with van der Waals surface area (Å²) in [6, 6.07) is 14.7. The quantitative estimate of drug-likeness (QED) is 0.353. The third-order valence-electron chi connectivity index (χ3n) is 5.79. The Morgan fingerprint density at radius 2 is 1.92 bits per heavy atom. The van der Waals surface area contributed by atoms with E-state index in [-0.39, 0.29) is 30.5 Å². The van der Waals surface area contributed by atoms with E-state index >= 15 is 0 Å². The number of aromatic nitrogens is 5. The maximum atomic E-state index is 13.6. The third kappa shape index (κ3) is 4.45. The number of para-hydroxylation sites is 1. The number of hydrogen-bond acceptors (Lipinski definition) is 7. The van der Waals surface area contributed by atoms with Gasteiger partial charge in [0.15, 0.2) is 5.82 Å². The molecule has 0 aliphatic heterocycles. The molecule has 0 atom stereocenters. The first-order valence-corrected chi connectivity index (χ1v) is 11.8. The van der Waals surface area contributed by atoms with E-state index < -0.39 is 0 Å². The number of amides is 1. The van der Waals surface area contributed by atoms with Gasteiger partial charge in [0.05, 0.1) is 18.5 Å². The molecule has 0 radical (unpaired) electrons. The highest BCUT2D eigenvalue weighted by molar-refractivity contribution is 6.06. The van der Waals surface area contributed by atoms with E-state index in [4.69, 9.17) is 9.26 Å². The first-order valence-electron chi connectivity index (χ1n) is 11.8. The lowest BCUT2D eigenvalue weighted by Crippen LogP contribution is -2.25. The van der Waals surface area contributed by atoms with Gasteiger partial charge in [0.1, 0.15) is 29.9 Å². The van der Waals surface area contributed by atoms with E-state index in [1.165, 1.54) is 10.9 Å². The predicted octanol–water partition coefficient (Wildman–Crippen LogP) is 3.94. The second kappa shape index (κ2) is 9.65. The van der Waals surface area contributed by atoms with Crippen molar-refractivity contribution in [1.29, 1.82) is 0 Å². The van der Waals surface area contributed by atoms with E-state index in [1.54, 1.807) is 28.8 Å². The standard InChI is InChI=1S/C26H26N6O4/c1-4-35-18-11-9-17(10-12-18)28-21(33)13-32-20-8-6-5-7-19(20)23-24(32)26(34)31(15-27-23)14-22-29-25(16(2)3)30-36-22/h5-12,15-16H,4,13-14H2,1-3H3,(H,28,33). The highest BCUT2D eigenvalue weighted by Gasteiger charge is 2.19. The molecule has 2 aromatic carbocycles. The summed E-state index contributed by atoms with van der Waals surface area (Å²) in [6.45, 7) is 6.43. The minimum Gasteiger partial charge on any atom is -0.494 e. The Morgan fingerprint density at radius 1 is 1.14 bits per heavy atom. The normalized spacial score (nSPS) is 11.4. The molecule has 1 N–H and O–H groups in total. The van der Waals surface area contributed by atoms with Crippen LogP contribution in [0.1, 0.15) is 38.4 Å². The van der Waals surface area contributed by atoms with Crippen molar-refractivity contribution in [3.8, 4) is 5.75 Å². The second-order valence-electron chi connectivity index (χ2n) is 8.68. The van der Waals surface area contributed by atoms with E-state index in [0.29, 0.717) is 35.0 Å². The van der Waals surface area contributed by atoms with Crippen molar-refractivity contribution < 1.29 is 14.1 Å². The SMILES string of the molecule is CCOc1ccc(NC(=O)Cn2c3ccccc3c3ncn(Cc4nc(C(C)C)no4)c(=O)c32)cc1. The second-order valence-corrected chi connectivity index (χ2v) is 8.68. The summed E-state index contributed by atoms with van der Waals surface area (Å²) in [6.07, 6.45) is 1.47. The molecule has 0 aliphatic rings. The molecule has 0 aliphatic carbocycles. The number of anilines is 1. The predicted molar refractivity (Wildman–Crippen MR) is 135 cm³/mol. The third-order valence-corrected chi connectivity index (χ3v) is 5.79. The first-order chi connectivity index (χ1) is 17.4. The molecule has 184 valence electrons. The van der Waals surface area contributed by atoms with E-state index in [9.17, 15) is 9.59 Å². The minimum absolute atomic E-state index is 0.0593. The molecule has 0 saturated carbocycles. The Kier molecular flexibility index (Phi) is 6.24. The molecule has 5 rings (SSSR count). The molecule has 1 amide bonds. The first kappa shape index (κ1) is 23.3. The van der Waals surface area contributed by atoms with Crippen LogP contribution in [-0.4, -0.2) is 36.8 Å². The molecular formula is C26H26N6O4. The summed E-state index contributed by atoms with van der Waals surface area (Å²) in [5, 5.41) is 7.65. The van der Waals surface area contributed by atoms with Crippen LogP contribution in [-0.2, 0) is 17.9 Å². The lowest BCUT2D eigenvalue weighted by Gasteiger charge is -2.10. The van der Waals surface area contributed by atoms with Crippen LogP contribution >= 0.6 is 0 Å². The molecule has 10 heteroatoms. The van der Waals surface area contributed by atoms with E-state index in [0.717, 1.165) is 16.7 Å². The molecule has 0 bridgehead atoms. The largest absolute Gasteiger partial charge is 0.494 e. The molecule has 10 nitrogen and oxygen atoms in total. The molecule has 3 aromatic heterocycles. The van der Waals surface area contributed by atoms with Gasteiger partial charge < -0.3 is 19.1 Å². The fraction of sp³-hybridized carbons (Fsp3) is 0.269. The summed E-state index contributed by atoms with van der Waals surface area (Å²) in [5.41, 5.74) is 1.96. The number of carbonyl (C=O) groups excluding carboxylic acids is 1. The molecule has 36 heavy (non-hydrogen) atoms. The van der Waals surface area contributed by atoms with Crippen LogP contribution in [0.25, 0.3) is 21.9 Å². The Morgan fingerprint density at radius 3 is 2.64 bits per heavy atom. The van der Waals surface area contributed by atoms with Gasteiger partial charge in [0.2, 0.25) is 11.8 Å². The molecule has 0 spiro atoms. The van der Waals surface area contributed by atoms with Crippen molar-refractivity contribution in [3.63, 3.8) is 0 Å². The summed E-state index contributed by atoms with van der Waals surface area (Å²) in [5.74, 6) is 1.46. The average Bonchev–Trinajstić information content (AvgIpc) is 3.46. The molecule has 0 saturated heterocycles. The number of rotatable bonds is 8. The van der Waals surface area contributed by atoms with Crippen molar-refractivity contribution in [2.75, 3.05) is 11.9 Å². The lowest BCUT2D eigenvalue weighted by molar-refractivity contribution is -0.116. The van der Waals surface area contributed by atoms with Crippen LogP contribution in [0.4, 0.5) is 5.69 Å². The number of ether oxygens (including phenoxy) is 1. The van der Waals surface area contributed by atoms with Crippen molar-refractivity contribution in [2.45, 2.75) is 39.8 Å². The van der Waals surface area contributed by atoms with Gasteiger partial charge in [-0.15, -0.1) is 0 Å². The smallest absolute Gasteiger partial charge is 0.278 e. The Balaban J connectivity index is 1.49. The van der Waals surface area contributed by atoms with Crippen LogP contribution in [0.3, 0.4) is 0 Å². The van der Waals surface area contributed by atoms with E-state index in [2.05, 4.69) is 20.4 Å². The van der Waals surface area contributed by atoms with Gasteiger partial charge in [-0.2, -0.15) is 4.98 Å². The summed E-state index contributed by atoms with van der Waals surface area (Å²) in [4.78, 5) is 35.5. The number of nitrogens with zero attached hydrogens (tertiary/aromatic N) is 5. The maximum Gasteiger partial charge on any atom is 0.278 e. The Bertz CT molecular complexity index is 1600. The highest BCUT2D eigenvalue weighted by Crippen LogP contribution is 2.25.